The molecule has 9 nitrogen and oxygen atoms in total. The van der Waals surface area contributed by atoms with Gasteiger partial charge in [-0.3, -0.25) is 19.4 Å². The van der Waals surface area contributed by atoms with Crippen LogP contribution in [0.2, 0.25) is 0 Å². The Morgan fingerprint density at radius 1 is 1.03 bits per heavy atom. The zero-order valence-electron chi connectivity index (χ0n) is 16.3. The molecule has 0 radical (unpaired) electrons. The van der Waals surface area contributed by atoms with Gasteiger partial charge in [0.15, 0.2) is 0 Å². The molecule has 2 heterocycles. The number of hydrogen-bond acceptors (Lipinski definition) is 6. The molecule has 1 aliphatic rings. The summed E-state index contributed by atoms with van der Waals surface area (Å²) in [4.78, 5) is 43.5. The lowest BCUT2D eigenvalue weighted by Gasteiger charge is -2.32. The average molecular weight is 398 g/mol. The van der Waals surface area contributed by atoms with Crippen LogP contribution in [0.5, 0.6) is 11.5 Å². The number of amides is 3. The number of nitrogens with zero attached hydrogens (tertiary/aromatic N) is 3. The van der Waals surface area contributed by atoms with E-state index in [2.05, 4.69) is 10.3 Å². The summed E-state index contributed by atoms with van der Waals surface area (Å²) in [6.07, 6.45) is 3.60. The van der Waals surface area contributed by atoms with Crippen molar-refractivity contribution in [2.24, 2.45) is 0 Å². The molecule has 1 fully saturated rings. The topological polar surface area (TPSA) is 101 Å². The summed E-state index contributed by atoms with van der Waals surface area (Å²) >= 11 is 0. The average Bonchev–Trinajstić information content (AvgIpc) is 2.78. The van der Waals surface area contributed by atoms with Crippen molar-refractivity contribution in [3.05, 3.63) is 47.8 Å². The van der Waals surface area contributed by atoms with E-state index in [1.807, 2.05) is 0 Å². The van der Waals surface area contributed by atoms with Gasteiger partial charge < -0.3 is 24.6 Å². The van der Waals surface area contributed by atoms with Crippen LogP contribution in [0.3, 0.4) is 0 Å². The molecule has 9 heteroatoms. The molecule has 3 rings (SSSR count). The predicted molar refractivity (Wildman–Crippen MR) is 105 cm³/mol. The van der Waals surface area contributed by atoms with Crippen LogP contribution in [0.1, 0.15) is 20.7 Å². The molecule has 1 aliphatic heterocycles. The van der Waals surface area contributed by atoms with E-state index in [-0.39, 0.29) is 11.5 Å². The minimum atomic E-state index is -0.415. The van der Waals surface area contributed by atoms with E-state index >= 15 is 0 Å². The smallest absolute Gasteiger partial charge is 0.257 e. The number of carbonyl (C=O) groups excluding carboxylic acids is 3. The molecular weight excluding hydrogens is 376 g/mol. The van der Waals surface area contributed by atoms with Crippen LogP contribution in [0.25, 0.3) is 0 Å². The maximum atomic E-state index is 12.7. The molecule has 0 unspecified atom stereocenters. The van der Waals surface area contributed by atoms with Gasteiger partial charge in [0, 0.05) is 44.6 Å². The Labute approximate surface area is 168 Å². The van der Waals surface area contributed by atoms with Gasteiger partial charge in [0.25, 0.3) is 11.8 Å². The standard InChI is InChI=1S/C20H22N4O5/c1-28-16-3-4-17(18(10-16)29-2)22-19(26)14-9-15(12-21-11-14)20(27)24-7-5-23(13-25)6-8-24/h3-4,9-13H,5-8H2,1-2H3,(H,22,26). The van der Waals surface area contributed by atoms with Crippen molar-refractivity contribution in [1.82, 2.24) is 14.8 Å². The number of methoxy groups -OCH3 is 2. The first kappa shape index (κ1) is 20.1. The number of piperazine rings is 1. The highest BCUT2D eigenvalue weighted by Crippen LogP contribution is 2.29. The van der Waals surface area contributed by atoms with Gasteiger partial charge in [-0.25, -0.2) is 0 Å². The monoisotopic (exact) mass is 398 g/mol. The van der Waals surface area contributed by atoms with E-state index < -0.39 is 5.91 Å². The van der Waals surface area contributed by atoms with Crippen LogP contribution in [0.15, 0.2) is 36.7 Å². The number of benzene rings is 1. The van der Waals surface area contributed by atoms with Gasteiger partial charge in [0.1, 0.15) is 11.5 Å². The van der Waals surface area contributed by atoms with Crippen molar-refractivity contribution < 1.29 is 23.9 Å². The van der Waals surface area contributed by atoms with Gasteiger partial charge in [-0.1, -0.05) is 0 Å². The van der Waals surface area contributed by atoms with E-state index in [1.54, 1.807) is 35.1 Å². The van der Waals surface area contributed by atoms with Gasteiger partial charge in [-0.05, 0) is 18.2 Å². The van der Waals surface area contributed by atoms with E-state index in [0.717, 1.165) is 6.41 Å². The quantitative estimate of drug-likeness (QED) is 0.736. The van der Waals surface area contributed by atoms with Gasteiger partial charge in [0.2, 0.25) is 6.41 Å². The molecule has 0 atom stereocenters. The molecule has 1 N–H and O–H groups in total. The van der Waals surface area contributed by atoms with Crippen LogP contribution < -0.4 is 14.8 Å². The van der Waals surface area contributed by atoms with Gasteiger partial charge in [0.05, 0.1) is 31.0 Å². The number of ether oxygens (including phenoxy) is 2. The molecule has 1 aromatic heterocycles. The molecule has 0 spiro atoms. The summed E-state index contributed by atoms with van der Waals surface area (Å²) in [5, 5.41) is 2.76. The van der Waals surface area contributed by atoms with Crippen LogP contribution in [0, 0.1) is 0 Å². The van der Waals surface area contributed by atoms with E-state index in [9.17, 15) is 14.4 Å². The highest BCUT2D eigenvalue weighted by molar-refractivity contribution is 6.06. The van der Waals surface area contributed by atoms with Gasteiger partial charge in [-0.2, -0.15) is 0 Å². The molecule has 0 bridgehead atoms. The third-order valence-electron chi connectivity index (χ3n) is 4.65. The maximum Gasteiger partial charge on any atom is 0.257 e. The second-order valence-corrected chi connectivity index (χ2v) is 6.42. The zero-order valence-corrected chi connectivity index (χ0v) is 16.3. The zero-order chi connectivity index (χ0) is 20.8. The summed E-state index contributed by atoms with van der Waals surface area (Å²) in [5.74, 6) is 0.413. The number of anilines is 1. The van der Waals surface area contributed by atoms with Gasteiger partial charge >= 0.3 is 0 Å². The first-order valence-corrected chi connectivity index (χ1v) is 9.02. The number of rotatable bonds is 6. The fourth-order valence-corrected chi connectivity index (χ4v) is 2.99. The summed E-state index contributed by atoms with van der Waals surface area (Å²) in [5.41, 5.74) is 1.04. The van der Waals surface area contributed by atoms with Crippen LogP contribution in [-0.2, 0) is 4.79 Å². The van der Waals surface area contributed by atoms with Gasteiger partial charge in [-0.15, -0.1) is 0 Å². The summed E-state index contributed by atoms with van der Waals surface area (Å²) in [6.45, 7) is 1.86. The summed E-state index contributed by atoms with van der Waals surface area (Å²) in [7, 11) is 3.04. The Morgan fingerprint density at radius 2 is 1.76 bits per heavy atom. The molecule has 152 valence electrons. The van der Waals surface area contributed by atoms with Crippen molar-refractivity contribution in [1.29, 1.82) is 0 Å². The van der Waals surface area contributed by atoms with Crippen molar-refractivity contribution in [3.63, 3.8) is 0 Å². The molecule has 0 aliphatic carbocycles. The summed E-state index contributed by atoms with van der Waals surface area (Å²) in [6, 6.07) is 6.54. The largest absolute Gasteiger partial charge is 0.497 e. The van der Waals surface area contributed by atoms with E-state index in [0.29, 0.717) is 48.9 Å². The Hall–Kier alpha value is -3.62. The van der Waals surface area contributed by atoms with Crippen LogP contribution in [0.4, 0.5) is 5.69 Å². The molecule has 1 saturated heterocycles. The summed E-state index contributed by atoms with van der Waals surface area (Å²) < 4.78 is 10.4. The van der Waals surface area contributed by atoms with Crippen molar-refractivity contribution in [2.45, 2.75) is 0 Å². The Morgan fingerprint density at radius 3 is 2.41 bits per heavy atom. The van der Waals surface area contributed by atoms with Crippen LogP contribution in [-0.4, -0.2) is 73.4 Å². The number of nitrogens with one attached hydrogen (secondary N) is 1. The number of pyridine rings is 1. The van der Waals surface area contributed by atoms with E-state index in [1.165, 1.54) is 25.6 Å². The maximum absolute atomic E-state index is 12.7. The molecule has 2 aromatic rings. The Kier molecular flexibility index (Phi) is 6.28. The first-order chi connectivity index (χ1) is 14.0. The molecule has 3 amide bonds. The number of hydrogen-bond donors (Lipinski definition) is 1. The van der Waals surface area contributed by atoms with E-state index in [4.69, 9.17) is 9.47 Å². The Bertz CT molecular complexity index is 909. The molecular formula is C20H22N4O5. The first-order valence-electron chi connectivity index (χ1n) is 9.02. The fourth-order valence-electron chi connectivity index (χ4n) is 2.99. The highest BCUT2D eigenvalue weighted by Gasteiger charge is 2.22. The lowest BCUT2D eigenvalue weighted by Crippen LogP contribution is -2.48. The highest BCUT2D eigenvalue weighted by atomic mass is 16.5. The number of carbonyl (C=O) groups is 3. The van der Waals surface area contributed by atoms with Crippen molar-refractivity contribution >= 4 is 23.9 Å². The Balaban J connectivity index is 1.73. The lowest BCUT2D eigenvalue weighted by atomic mass is 10.1. The molecule has 29 heavy (non-hydrogen) atoms. The fraction of sp³-hybridized carbons (Fsp3) is 0.300. The third kappa shape index (κ3) is 4.63. The molecule has 1 aromatic carbocycles. The molecule has 0 saturated carbocycles. The van der Waals surface area contributed by atoms with Crippen molar-refractivity contribution in [2.75, 3.05) is 45.7 Å². The minimum absolute atomic E-state index is 0.222. The normalized spacial score (nSPS) is 13.6. The van der Waals surface area contributed by atoms with Crippen molar-refractivity contribution in [3.8, 4) is 11.5 Å². The number of aromatic nitrogens is 1. The minimum Gasteiger partial charge on any atom is -0.497 e. The van der Waals surface area contributed by atoms with Crippen LogP contribution >= 0.6 is 0 Å². The second-order valence-electron chi connectivity index (χ2n) is 6.42. The SMILES string of the molecule is COc1ccc(NC(=O)c2cncc(C(=O)N3CCN(C=O)CC3)c2)c(OC)c1. The predicted octanol–water partition coefficient (Wildman–Crippen LogP) is 1.27. The second kappa shape index (κ2) is 9.05. The third-order valence-corrected chi connectivity index (χ3v) is 4.65. The lowest BCUT2D eigenvalue weighted by molar-refractivity contribution is -0.119.